The highest BCUT2D eigenvalue weighted by Crippen LogP contribution is 2.19. The van der Waals surface area contributed by atoms with Crippen molar-refractivity contribution < 1.29 is 5.11 Å². The molecule has 0 saturated carbocycles. The second-order valence-electron chi connectivity index (χ2n) is 4.44. The van der Waals surface area contributed by atoms with E-state index in [1.54, 1.807) is 0 Å². The van der Waals surface area contributed by atoms with Crippen LogP contribution in [-0.4, -0.2) is 18.3 Å². The van der Waals surface area contributed by atoms with Gasteiger partial charge in [-0.05, 0) is 48.6 Å². The van der Waals surface area contributed by atoms with Gasteiger partial charge in [-0.2, -0.15) is 0 Å². The summed E-state index contributed by atoms with van der Waals surface area (Å²) in [5, 5.41) is 13.1. The SMILES string of the molecule is Cc1cc(Cl)cc(C)c1CNCC(C)CO. The molecule has 1 aromatic carbocycles. The average molecular weight is 242 g/mol. The Kier molecular flexibility index (Phi) is 5.26. The smallest absolute Gasteiger partial charge is 0.0468 e. The van der Waals surface area contributed by atoms with Crippen molar-refractivity contribution in [1.29, 1.82) is 0 Å². The Hall–Kier alpha value is -0.570. The molecular formula is C13H20ClNO. The van der Waals surface area contributed by atoms with Gasteiger partial charge in [0.05, 0.1) is 0 Å². The molecule has 0 fully saturated rings. The van der Waals surface area contributed by atoms with Crippen molar-refractivity contribution in [3.05, 3.63) is 33.8 Å². The molecule has 0 radical (unpaired) electrons. The van der Waals surface area contributed by atoms with Crippen LogP contribution in [0.3, 0.4) is 0 Å². The van der Waals surface area contributed by atoms with Gasteiger partial charge in [-0.25, -0.2) is 0 Å². The quantitative estimate of drug-likeness (QED) is 0.831. The lowest BCUT2D eigenvalue weighted by atomic mass is 10.0. The summed E-state index contributed by atoms with van der Waals surface area (Å²) in [6.45, 7) is 8.06. The first-order valence-electron chi connectivity index (χ1n) is 5.61. The van der Waals surface area contributed by atoms with E-state index in [1.807, 2.05) is 19.1 Å². The van der Waals surface area contributed by atoms with Gasteiger partial charge in [-0.1, -0.05) is 18.5 Å². The minimum atomic E-state index is 0.228. The fraction of sp³-hybridized carbons (Fsp3) is 0.538. The molecule has 1 unspecified atom stereocenters. The number of aliphatic hydroxyl groups is 1. The van der Waals surface area contributed by atoms with Crippen LogP contribution in [0, 0.1) is 19.8 Å². The number of halogens is 1. The number of hydrogen-bond acceptors (Lipinski definition) is 2. The molecule has 0 aliphatic carbocycles. The third-order valence-electron chi connectivity index (χ3n) is 2.77. The van der Waals surface area contributed by atoms with E-state index in [0.29, 0.717) is 5.92 Å². The van der Waals surface area contributed by atoms with E-state index in [4.69, 9.17) is 16.7 Å². The Labute approximate surface area is 103 Å². The van der Waals surface area contributed by atoms with E-state index < -0.39 is 0 Å². The molecule has 3 heteroatoms. The zero-order chi connectivity index (χ0) is 12.1. The number of aliphatic hydroxyl groups excluding tert-OH is 1. The zero-order valence-electron chi connectivity index (χ0n) is 10.2. The van der Waals surface area contributed by atoms with Gasteiger partial charge in [-0.3, -0.25) is 0 Å². The van der Waals surface area contributed by atoms with Crippen LogP contribution >= 0.6 is 11.6 Å². The van der Waals surface area contributed by atoms with E-state index in [2.05, 4.69) is 19.2 Å². The van der Waals surface area contributed by atoms with Gasteiger partial charge in [0.15, 0.2) is 0 Å². The predicted molar refractivity (Wildman–Crippen MR) is 68.9 cm³/mol. The summed E-state index contributed by atoms with van der Waals surface area (Å²) >= 11 is 5.98. The highest BCUT2D eigenvalue weighted by molar-refractivity contribution is 6.30. The fourth-order valence-corrected chi connectivity index (χ4v) is 2.05. The van der Waals surface area contributed by atoms with Crippen LogP contribution in [0.15, 0.2) is 12.1 Å². The number of hydrogen-bond donors (Lipinski definition) is 2. The largest absolute Gasteiger partial charge is 0.396 e. The van der Waals surface area contributed by atoms with Gasteiger partial charge in [0.2, 0.25) is 0 Å². The summed E-state index contributed by atoms with van der Waals surface area (Å²) in [6.07, 6.45) is 0. The summed E-state index contributed by atoms with van der Waals surface area (Å²) < 4.78 is 0. The van der Waals surface area contributed by atoms with Gasteiger partial charge in [0, 0.05) is 24.7 Å². The van der Waals surface area contributed by atoms with Crippen molar-refractivity contribution in [2.45, 2.75) is 27.3 Å². The Balaban J connectivity index is 2.60. The summed E-state index contributed by atoms with van der Waals surface area (Å²) in [4.78, 5) is 0. The molecule has 0 saturated heterocycles. The molecule has 1 atom stereocenters. The van der Waals surface area contributed by atoms with Gasteiger partial charge < -0.3 is 10.4 Å². The first kappa shape index (κ1) is 13.5. The molecule has 1 aromatic rings. The second kappa shape index (κ2) is 6.24. The third kappa shape index (κ3) is 3.78. The van der Waals surface area contributed by atoms with Crippen molar-refractivity contribution in [1.82, 2.24) is 5.32 Å². The fourth-order valence-electron chi connectivity index (χ4n) is 1.73. The third-order valence-corrected chi connectivity index (χ3v) is 2.99. The molecule has 0 heterocycles. The highest BCUT2D eigenvalue weighted by Gasteiger charge is 2.05. The Bertz CT molecular complexity index is 329. The maximum absolute atomic E-state index is 8.92. The molecule has 16 heavy (non-hydrogen) atoms. The molecule has 0 spiro atoms. The Morgan fingerprint density at radius 1 is 1.31 bits per heavy atom. The number of aryl methyl sites for hydroxylation is 2. The number of benzene rings is 1. The molecule has 0 bridgehead atoms. The maximum atomic E-state index is 8.92. The maximum Gasteiger partial charge on any atom is 0.0468 e. The molecule has 0 aliphatic rings. The molecule has 90 valence electrons. The molecule has 1 rings (SSSR count). The molecule has 2 N–H and O–H groups in total. The second-order valence-corrected chi connectivity index (χ2v) is 4.87. The van der Waals surface area contributed by atoms with Crippen LogP contribution in [-0.2, 0) is 6.54 Å². The van der Waals surface area contributed by atoms with Gasteiger partial charge in [-0.15, -0.1) is 0 Å². The average Bonchev–Trinajstić information content (AvgIpc) is 2.21. The number of rotatable bonds is 5. The lowest BCUT2D eigenvalue weighted by Gasteiger charge is -2.13. The zero-order valence-corrected chi connectivity index (χ0v) is 10.9. The van der Waals surface area contributed by atoms with E-state index >= 15 is 0 Å². The first-order chi connectivity index (χ1) is 7.54. The minimum absolute atomic E-state index is 0.228. The molecular weight excluding hydrogens is 222 g/mol. The number of nitrogens with one attached hydrogen (secondary N) is 1. The summed E-state index contributed by atoms with van der Waals surface area (Å²) in [5.41, 5.74) is 3.73. The van der Waals surface area contributed by atoms with Crippen LogP contribution < -0.4 is 5.32 Å². The molecule has 0 aromatic heterocycles. The van der Waals surface area contributed by atoms with E-state index in [1.165, 1.54) is 16.7 Å². The van der Waals surface area contributed by atoms with Crippen LogP contribution in [0.1, 0.15) is 23.6 Å². The van der Waals surface area contributed by atoms with Crippen molar-refractivity contribution >= 4 is 11.6 Å². The normalized spacial score (nSPS) is 12.8. The molecule has 0 amide bonds. The standard InChI is InChI=1S/C13H20ClNO/c1-9(8-16)6-15-7-13-10(2)4-12(14)5-11(13)3/h4-5,9,15-16H,6-8H2,1-3H3. The van der Waals surface area contributed by atoms with Crippen molar-refractivity contribution in [3.8, 4) is 0 Å². The Morgan fingerprint density at radius 2 is 1.88 bits per heavy atom. The van der Waals surface area contributed by atoms with Crippen LogP contribution in [0.4, 0.5) is 0 Å². The van der Waals surface area contributed by atoms with Crippen molar-refractivity contribution in [2.24, 2.45) is 5.92 Å². The van der Waals surface area contributed by atoms with E-state index in [0.717, 1.165) is 18.1 Å². The minimum Gasteiger partial charge on any atom is -0.396 e. The Morgan fingerprint density at radius 3 is 2.38 bits per heavy atom. The van der Waals surface area contributed by atoms with Gasteiger partial charge >= 0.3 is 0 Å². The predicted octanol–water partition coefficient (Wildman–Crippen LogP) is 2.67. The lowest BCUT2D eigenvalue weighted by molar-refractivity contribution is 0.233. The van der Waals surface area contributed by atoms with E-state index in [9.17, 15) is 0 Å². The topological polar surface area (TPSA) is 32.3 Å². The van der Waals surface area contributed by atoms with Gasteiger partial charge in [0.25, 0.3) is 0 Å². The molecule has 2 nitrogen and oxygen atoms in total. The first-order valence-corrected chi connectivity index (χ1v) is 5.99. The summed E-state index contributed by atoms with van der Waals surface area (Å²) in [6, 6.07) is 3.97. The van der Waals surface area contributed by atoms with Gasteiger partial charge in [0.1, 0.15) is 0 Å². The van der Waals surface area contributed by atoms with Crippen molar-refractivity contribution in [3.63, 3.8) is 0 Å². The van der Waals surface area contributed by atoms with Crippen molar-refractivity contribution in [2.75, 3.05) is 13.2 Å². The molecule has 0 aliphatic heterocycles. The summed E-state index contributed by atoms with van der Waals surface area (Å²) in [5.74, 6) is 0.299. The lowest BCUT2D eigenvalue weighted by Crippen LogP contribution is -2.23. The van der Waals surface area contributed by atoms with Crippen LogP contribution in [0.25, 0.3) is 0 Å². The summed E-state index contributed by atoms with van der Waals surface area (Å²) in [7, 11) is 0. The van der Waals surface area contributed by atoms with Crippen LogP contribution in [0.2, 0.25) is 5.02 Å². The monoisotopic (exact) mass is 241 g/mol. The highest BCUT2D eigenvalue weighted by atomic mass is 35.5. The van der Waals surface area contributed by atoms with E-state index in [-0.39, 0.29) is 6.61 Å². The van der Waals surface area contributed by atoms with Crippen LogP contribution in [0.5, 0.6) is 0 Å².